The van der Waals surface area contributed by atoms with Crippen molar-refractivity contribution in [1.29, 1.82) is 0 Å². The molecule has 1 fully saturated rings. The van der Waals surface area contributed by atoms with E-state index in [0.717, 1.165) is 16.7 Å². The second kappa shape index (κ2) is 8.35. The fraction of sp³-hybridized carbons (Fsp3) is 0.333. The van der Waals surface area contributed by atoms with Crippen molar-refractivity contribution in [2.24, 2.45) is 0 Å². The van der Waals surface area contributed by atoms with Gasteiger partial charge < -0.3 is 4.90 Å². The highest BCUT2D eigenvalue weighted by molar-refractivity contribution is 7.91. The molecule has 2 heterocycles. The Balaban J connectivity index is 1.54. The first-order valence-corrected chi connectivity index (χ1v) is 11.6. The van der Waals surface area contributed by atoms with Gasteiger partial charge in [0.05, 0.1) is 11.5 Å². The molecular formula is C21H23N5O3S. The largest absolute Gasteiger partial charge is 0.333 e. The number of hydrogen-bond donors (Lipinski definition) is 0. The van der Waals surface area contributed by atoms with E-state index in [9.17, 15) is 13.2 Å². The molecule has 0 bridgehead atoms. The summed E-state index contributed by atoms with van der Waals surface area (Å²) in [5, 5.41) is 12.5. The van der Waals surface area contributed by atoms with Gasteiger partial charge in [0.1, 0.15) is 6.54 Å². The van der Waals surface area contributed by atoms with E-state index in [-0.39, 0.29) is 30.0 Å². The van der Waals surface area contributed by atoms with Crippen LogP contribution in [0.25, 0.3) is 11.4 Å². The highest BCUT2D eigenvalue weighted by Gasteiger charge is 2.35. The highest BCUT2D eigenvalue weighted by Crippen LogP contribution is 2.21. The van der Waals surface area contributed by atoms with Crippen molar-refractivity contribution < 1.29 is 13.2 Å². The molecule has 0 N–H and O–H groups in total. The van der Waals surface area contributed by atoms with Crippen LogP contribution in [-0.2, 0) is 27.7 Å². The standard InChI is InChI=1S/C21H23N5O3S/c1-16-7-5-6-10-19(16)21-22-24-26(23-21)14-20(27)25(13-17-8-3-2-4-9-17)18-11-12-30(28,29)15-18/h2-10,18H,11-15H2,1H3/t18-/m1/s1. The number of benzene rings is 2. The molecule has 1 amide bonds. The van der Waals surface area contributed by atoms with E-state index >= 15 is 0 Å². The van der Waals surface area contributed by atoms with Gasteiger partial charge in [-0.15, -0.1) is 10.2 Å². The number of tetrazole rings is 1. The van der Waals surface area contributed by atoms with Crippen molar-refractivity contribution in [2.75, 3.05) is 11.5 Å². The Hall–Kier alpha value is -3.07. The van der Waals surface area contributed by atoms with Crippen molar-refractivity contribution in [3.8, 4) is 11.4 Å². The maximum Gasteiger partial charge on any atom is 0.246 e. The first-order valence-electron chi connectivity index (χ1n) is 9.79. The van der Waals surface area contributed by atoms with Crippen LogP contribution in [0.3, 0.4) is 0 Å². The molecule has 0 saturated carbocycles. The normalized spacial score (nSPS) is 17.7. The summed E-state index contributed by atoms with van der Waals surface area (Å²) in [5.74, 6) is 0.328. The number of rotatable bonds is 6. The summed E-state index contributed by atoms with van der Waals surface area (Å²) in [6.45, 7) is 2.21. The molecule has 1 aliphatic heterocycles. The van der Waals surface area contributed by atoms with Gasteiger partial charge in [-0.2, -0.15) is 4.80 Å². The molecule has 0 unspecified atom stereocenters. The summed E-state index contributed by atoms with van der Waals surface area (Å²) in [6.07, 6.45) is 0.445. The summed E-state index contributed by atoms with van der Waals surface area (Å²) < 4.78 is 24.0. The minimum absolute atomic E-state index is 0.00911. The van der Waals surface area contributed by atoms with Crippen LogP contribution in [0.4, 0.5) is 0 Å². The van der Waals surface area contributed by atoms with Crippen LogP contribution in [0.15, 0.2) is 54.6 Å². The molecular weight excluding hydrogens is 402 g/mol. The third kappa shape index (κ3) is 4.56. The molecule has 2 aromatic carbocycles. The van der Waals surface area contributed by atoms with Gasteiger partial charge in [-0.3, -0.25) is 4.79 Å². The van der Waals surface area contributed by atoms with Crippen LogP contribution in [-0.4, -0.2) is 57.0 Å². The molecule has 156 valence electrons. The summed E-state index contributed by atoms with van der Waals surface area (Å²) in [7, 11) is -3.12. The molecule has 4 rings (SSSR count). The van der Waals surface area contributed by atoms with Crippen LogP contribution < -0.4 is 0 Å². The lowest BCUT2D eigenvalue weighted by Crippen LogP contribution is -2.42. The van der Waals surface area contributed by atoms with E-state index in [1.165, 1.54) is 4.80 Å². The summed E-state index contributed by atoms with van der Waals surface area (Å²) in [5.41, 5.74) is 2.83. The third-order valence-electron chi connectivity index (χ3n) is 5.28. The molecule has 0 spiro atoms. The van der Waals surface area contributed by atoms with Crippen molar-refractivity contribution in [3.63, 3.8) is 0 Å². The summed E-state index contributed by atoms with van der Waals surface area (Å²) >= 11 is 0. The van der Waals surface area contributed by atoms with Crippen LogP contribution in [0.5, 0.6) is 0 Å². The minimum atomic E-state index is -3.12. The van der Waals surface area contributed by atoms with Gasteiger partial charge in [0.25, 0.3) is 0 Å². The topological polar surface area (TPSA) is 98.0 Å². The van der Waals surface area contributed by atoms with Gasteiger partial charge in [0.2, 0.25) is 11.7 Å². The van der Waals surface area contributed by atoms with Gasteiger partial charge >= 0.3 is 0 Å². The number of amides is 1. The fourth-order valence-electron chi connectivity index (χ4n) is 3.68. The molecule has 3 aromatic rings. The Bertz CT molecular complexity index is 1140. The Kier molecular flexibility index (Phi) is 5.63. The molecule has 1 aliphatic rings. The summed E-state index contributed by atoms with van der Waals surface area (Å²) in [4.78, 5) is 16.0. The minimum Gasteiger partial charge on any atom is -0.333 e. The molecule has 1 atom stereocenters. The molecule has 0 aliphatic carbocycles. The van der Waals surface area contributed by atoms with Crippen LogP contribution in [0, 0.1) is 6.92 Å². The number of aromatic nitrogens is 4. The van der Waals surface area contributed by atoms with Crippen molar-refractivity contribution in [1.82, 2.24) is 25.1 Å². The Labute approximate surface area is 175 Å². The second-order valence-electron chi connectivity index (χ2n) is 7.52. The Morgan fingerprint density at radius 1 is 1.13 bits per heavy atom. The SMILES string of the molecule is Cc1ccccc1-c1nnn(CC(=O)N(Cc2ccccc2)[C@@H]2CCS(=O)(=O)C2)n1. The zero-order chi connectivity index (χ0) is 21.1. The number of sulfone groups is 1. The van der Waals surface area contributed by atoms with Gasteiger partial charge in [-0.05, 0) is 29.7 Å². The Morgan fingerprint density at radius 2 is 1.87 bits per heavy atom. The number of carbonyl (C=O) groups is 1. The molecule has 8 nitrogen and oxygen atoms in total. The lowest BCUT2D eigenvalue weighted by Gasteiger charge is -2.28. The smallest absolute Gasteiger partial charge is 0.246 e. The van der Waals surface area contributed by atoms with Crippen LogP contribution in [0.2, 0.25) is 0 Å². The fourth-order valence-corrected chi connectivity index (χ4v) is 5.41. The first-order chi connectivity index (χ1) is 14.4. The van der Waals surface area contributed by atoms with E-state index in [4.69, 9.17) is 0 Å². The van der Waals surface area contributed by atoms with Crippen LogP contribution >= 0.6 is 0 Å². The predicted molar refractivity (Wildman–Crippen MR) is 112 cm³/mol. The third-order valence-corrected chi connectivity index (χ3v) is 7.03. The van der Waals surface area contributed by atoms with E-state index in [2.05, 4.69) is 15.4 Å². The molecule has 30 heavy (non-hydrogen) atoms. The zero-order valence-corrected chi connectivity index (χ0v) is 17.5. The number of aryl methyl sites for hydroxylation is 1. The van der Waals surface area contributed by atoms with E-state index in [1.54, 1.807) is 4.90 Å². The first kappa shape index (κ1) is 20.2. The van der Waals surface area contributed by atoms with E-state index in [1.807, 2.05) is 61.5 Å². The van der Waals surface area contributed by atoms with Gasteiger partial charge in [-0.1, -0.05) is 54.6 Å². The van der Waals surface area contributed by atoms with Crippen molar-refractivity contribution >= 4 is 15.7 Å². The highest BCUT2D eigenvalue weighted by atomic mass is 32.2. The number of carbonyl (C=O) groups excluding carboxylic acids is 1. The predicted octanol–water partition coefficient (Wildman–Crippen LogP) is 1.86. The number of nitrogens with zero attached hydrogens (tertiary/aromatic N) is 5. The van der Waals surface area contributed by atoms with Crippen molar-refractivity contribution in [3.05, 3.63) is 65.7 Å². The summed E-state index contributed by atoms with van der Waals surface area (Å²) in [6, 6.07) is 16.9. The maximum absolute atomic E-state index is 13.1. The molecule has 1 aromatic heterocycles. The zero-order valence-electron chi connectivity index (χ0n) is 16.7. The average Bonchev–Trinajstić information content (AvgIpc) is 3.33. The maximum atomic E-state index is 13.1. The second-order valence-corrected chi connectivity index (χ2v) is 9.75. The average molecular weight is 426 g/mol. The monoisotopic (exact) mass is 425 g/mol. The van der Waals surface area contributed by atoms with Gasteiger partial charge in [-0.25, -0.2) is 8.42 Å². The lowest BCUT2D eigenvalue weighted by atomic mass is 10.1. The molecule has 0 radical (unpaired) electrons. The number of hydrogen-bond acceptors (Lipinski definition) is 6. The molecule has 1 saturated heterocycles. The van der Waals surface area contributed by atoms with Gasteiger partial charge in [0.15, 0.2) is 9.84 Å². The lowest BCUT2D eigenvalue weighted by molar-refractivity contribution is -0.134. The van der Waals surface area contributed by atoms with Gasteiger partial charge in [0, 0.05) is 18.2 Å². The van der Waals surface area contributed by atoms with E-state index < -0.39 is 9.84 Å². The van der Waals surface area contributed by atoms with E-state index in [0.29, 0.717) is 18.8 Å². The Morgan fingerprint density at radius 3 is 2.57 bits per heavy atom. The quantitative estimate of drug-likeness (QED) is 0.598. The van der Waals surface area contributed by atoms with Crippen LogP contribution in [0.1, 0.15) is 17.5 Å². The molecule has 9 heteroatoms. The van der Waals surface area contributed by atoms with Crippen molar-refractivity contribution in [2.45, 2.75) is 32.5 Å².